The van der Waals surface area contributed by atoms with Crippen LogP contribution in [-0.4, -0.2) is 72.9 Å². The van der Waals surface area contributed by atoms with Gasteiger partial charge in [-0.05, 0) is 71.7 Å². The van der Waals surface area contributed by atoms with E-state index in [1.54, 1.807) is 54.7 Å². The SMILES string of the molecule is COc1ccc(N(CCO)CCO)c(C[C@@H](CC(=O)OC(C)(C)C)NC(=O)OC(C)(C)C)c1. The summed E-state index contributed by atoms with van der Waals surface area (Å²) in [5.41, 5.74) is 0.189. The third-order valence-corrected chi connectivity index (χ3v) is 4.39. The van der Waals surface area contributed by atoms with Gasteiger partial charge < -0.3 is 34.6 Å². The predicted octanol–water partition coefficient (Wildman–Crippen LogP) is 2.65. The Hall–Kier alpha value is -2.52. The Bertz CT molecular complexity index is 733. The molecule has 1 rings (SSSR count). The van der Waals surface area contributed by atoms with Crippen LogP contribution in [0.3, 0.4) is 0 Å². The summed E-state index contributed by atoms with van der Waals surface area (Å²) in [5.74, 6) is 0.158. The van der Waals surface area contributed by atoms with Crippen molar-refractivity contribution in [1.82, 2.24) is 5.32 Å². The summed E-state index contributed by atoms with van der Waals surface area (Å²) in [5, 5.41) is 21.7. The molecule has 3 N–H and O–H groups in total. The van der Waals surface area contributed by atoms with Crippen molar-refractivity contribution in [3.05, 3.63) is 23.8 Å². The van der Waals surface area contributed by atoms with Crippen molar-refractivity contribution < 1.29 is 34.0 Å². The molecular formula is C24H40N2O7. The summed E-state index contributed by atoms with van der Waals surface area (Å²) in [6.07, 6.45) is -0.422. The van der Waals surface area contributed by atoms with E-state index in [0.29, 0.717) is 18.8 Å². The Morgan fingerprint density at radius 3 is 2.06 bits per heavy atom. The molecule has 0 saturated carbocycles. The van der Waals surface area contributed by atoms with Crippen LogP contribution in [0.2, 0.25) is 0 Å². The standard InChI is InChI=1S/C24H40N2O7/c1-23(2,3)32-21(29)16-18(25-22(30)33-24(4,5)6)14-17-15-19(31-7)8-9-20(17)26(10-12-27)11-13-28/h8-9,15,18,27-28H,10-14,16H2,1-7H3,(H,25,30)/t18-/m0/s1. The minimum atomic E-state index is -0.694. The molecule has 9 nitrogen and oxygen atoms in total. The van der Waals surface area contributed by atoms with Crippen LogP contribution in [0.5, 0.6) is 5.75 Å². The highest BCUT2D eigenvalue weighted by Crippen LogP contribution is 2.27. The lowest BCUT2D eigenvalue weighted by molar-refractivity contribution is -0.155. The summed E-state index contributed by atoms with van der Waals surface area (Å²) < 4.78 is 16.2. The van der Waals surface area contributed by atoms with Gasteiger partial charge in [0.05, 0.1) is 26.7 Å². The van der Waals surface area contributed by atoms with E-state index >= 15 is 0 Å². The number of aliphatic hydroxyl groups excluding tert-OH is 2. The molecule has 33 heavy (non-hydrogen) atoms. The number of esters is 1. The summed E-state index contributed by atoms with van der Waals surface area (Å²) in [6.45, 7) is 11.1. The molecule has 0 unspecified atom stereocenters. The number of alkyl carbamates (subject to hydrolysis) is 1. The predicted molar refractivity (Wildman–Crippen MR) is 127 cm³/mol. The van der Waals surface area contributed by atoms with Crippen LogP contribution >= 0.6 is 0 Å². The van der Waals surface area contributed by atoms with E-state index in [9.17, 15) is 19.8 Å². The van der Waals surface area contributed by atoms with Crippen molar-refractivity contribution in [2.75, 3.05) is 38.3 Å². The zero-order valence-corrected chi connectivity index (χ0v) is 20.9. The first kappa shape index (κ1) is 28.5. The van der Waals surface area contributed by atoms with Gasteiger partial charge in [0.1, 0.15) is 17.0 Å². The molecule has 0 aliphatic carbocycles. The van der Waals surface area contributed by atoms with Gasteiger partial charge >= 0.3 is 12.1 Å². The van der Waals surface area contributed by atoms with Gasteiger partial charge in [0.25, 0.3) is 0 Å². The maximum Gasteiger partial charge on any atom is 0.407 e. The second-order valence-corrected chi connectivity index (χ2v) is 9.77. The molecule has 0 aromatic heterocycles. The van der Waals surface area contributed by atoms with Crippen LogP contribution < -0.4 is 15.0 Å². The highest BCUT2D eigenvalue weighted by atomic mass is 16.6. The first-order valence-corrected chi connectivity index (χ1v) is 11.1. The van der Waals surface area contributed by atoms with E-state index in [2.05, 4.69) is 5.32 Å². The summed E-state index contributed by atoms with van der Waals surface area (Å²) in [7, 11) is 1.55. The molecule has 0 radical (unpaired) electrons. The molecule has 0 saturated heterocycles. The number of benzene rings is 1. The average molecular weight is 469 g/mol. The van der Waals surface area contributed by atoms with E-state index < -0.39 is 29.3 Å². The van der Waals surface area contributed by atoms with Gasteiger partial charge in [-0.1, -0.05) is 0 Å². The molecule has 1 aromatic rings. The number of anilines is 1. The Morgan fingerprint density at radius 1 is 1.00 bits per heavy atom. The smallest absolute Gasteiger partial charge is 0.407 e. The minimum Gasteiger partial charge on any atom is -0.497 e. The van der Waals surface area contributed by atoms with Gasteiger partial charge in [-0.15, -0.1) is 0 Å². The Balaban J connectivity index is 3.26. The lowest BCUT2D eigenvalue weighted by Crippen LogP contribution is -2.42. The maximum atomic E-state index is 12.6. The van der Waals surface area contributed by atoms with Crippen molar-refractivity contribution in [2.45, 2.75) is 71.6 Å². The topological polar surface area (TPSA) is 118 Å². The third kappa shape index (κ3) is 11.3. The number of nitrogens with one attached hydrogen (secondary N) is 1. The monoisotopic (exact) mass is 468 g/mol. The van der Waals surface area contributed by atoms with Crippen LogP contribution in [0.25, 0.3) is 0 Å². The van der Waals surface area contributed by atoms with Gasteiger partial charge in [0.15, 0.2) is 0 Å². The molecule has 0 heterocycles. The fourth-order valence-electron chi connectivity index (χ4n) is 3.25. The number of ether oxygens (including phenoxy) is 3. The Kier molecular flexibility index (Phi) is 10.9. The Labute approximate surface area is 197 Å². The number of amides is 1. The number of nitrogens with zero attached hydrogens (tertiary/aromatic N) is 1. The molecule has 0 spiro atoms. The zero-order chi connectivity index (χ0) is 25.2. The highest BCUT2D eigenvalue weighted by Gasteiger charge is 2.26. The van der Waals surface area contributed by atoms with Crippen LogP contribution in [0.15, 0.2) is 18.2 Å². The number of methoxy groups -OCH3 is 1. The molecular weight excluding hydrogens is 428 g/mol. The molecule has 0 bridgehead atoms. The summed E-state index contributed by atoms with van der Waals surface area (Å²) in [4.78, 5) is 26.9. The molecule has 0 fully saturated rings. The lowest BCUT2D eigenvalue weighted by atomic mass is 10.00. The summed E-state index contributed by atoms with van der Waals surface area (Å²) in [6, 6.07) is 4.81. The fraction of sp³-hybridized carbons (Fsp3) is 0.667. The lowest BCUT2D eigenvalue weighted by Gasteiger charge is -2.29. The molecule has 9 heteroatoms. The van der Waals surface area contributed by atoms with Gasteiger partial charge in [0.2, 0.25) is 0 Å². The molecule has 1 amide bonds. The number of hydrogen-bond acceptors (Lipinski definition) is 8. The average Bonchev–Trinajstić information content (AvgIpc) is 2.64. The number of carbonyl (C=O) groups is 2. The van der Waals surface area contributed by atoms with Gasteiger partial charge in [-0.25, -0.2) is 4.79 Å². The van der Waals surface area contributed by atoms with E-state index in [4.69, 9.17) is 14.2 Å². The van der Waals surface area contributed by atoms with Gasteiger partial charge in [-0.2, -0.15) is 0 Å². The van der Waals surface area contributed by atoms with Crippen molar-refractivity contribution >= 4 is 17.7 Å². The van der Waals surface area contributed by atoms with E-state index in [0.717, 1.165) is 11.3 Å². The second-order valence-electron chi connectivity index (χ2n) is 9.77. The van der Waals surface area contributed by atoms with Crippen LogP contribution in [0.4, 0.5) is 10.5 Å². The van der Waals surface area contributed by atoms with Crippen LogP contribution in [0, 0.1) is 0 Å². The minimum absolute atomic E-state index is 0.0623. The zero-order valence-electron chi connectivity index (χ0n) is 20.9. The second kappa shape index (κ2) is 12.6. The van der Waals surface area contributed by atoms with Crippen LogP contribution in [-0.2, 0) is 20.7 Å². The largest absolute Gasteiger partial charge is 0.497 e. The van der Waals surface area contributed by atoms with Crippen molar-refractivity contribution in [3.63, 3.8) is 0 Å². The van der Waals surface area contributed by atoms with Gasteiger partial charge in [-0.3, -0.25) is 4.79 Å². The first-order valence-electron chi connectivity index (χ1n) is 11.1. The third-order valence-electron chi connectivity index (χ3n) is 4.39. The molecule has 1 atom stereocenters. The van der Waals surface area contributed by atoms with E-state index in [1.165, 1.54) is 0 Å². The van der Waals surface area contributed by atoms with E-state index in [1.807, 2.05) is 17.0 Å². The Morgan fingerprint density at radius 2 is 1.58 bits per heavy atom. The quantitative estimate of drug-likeness (QED) is 0.424. The van der Waals surface area contributed by atoms with Gasteiger partial charge in [0, 0.05) is 24.8 Å². The normalized spacial score (nSPS) is 12.6. The highest BCUT2D eigenvalue weighted by molar-refractivity contribution is 5.73. The van der Waals surface area contributed by atoms with Crippen molar-refractivity contribution in [2.24, 2.45) is 0 Å². The number of aliphatic hydroxyl groups is 2. The van der Waals surface area contributed by atoms with Crippen LogP contribution in [0.1, 0.15) is 53.5 Å². The molecule has 0 aliphatic heterocycles. The fourth-order valence-corrected chi connectivity index (χ4v) is 3.25. The number of hydrogen-bond donors (Lipinski definition) is 3. The number of carbonyl (C=O) groups excluding carboxylic acids is 2. The van der Waals surface area contributed by atoms with E-state index in [-0.39, 0.29) is 26.1 Å². The maximum absolute atomic E-state index is 12.6. The molecule has 1 aromatic carbocycles. The number of rotatable bonds is 11. The molecule has 188 valence electrons. The summed E-state index contributed by atoms with van der Waals surface area (Å²) >= 11 is 0. The van der Waals surface area contributed by atoms with Crippen molar-refractivity contribution in [3.8, 4) is 5.75 Å². The van der Waals surface area contributed by atoms with Crippen molar-refractivity contribution in [1.29, 1.82) is 0 Å². The first-order chi connectivity index (χ1) is 15.3. The molecule has 0 aliphatic rings.